The van der Waals surface area contributed by atoms with Crippen molar-refractivity contribution in [3.8, 4) is 5.88 Å². The number of fused-ring (bicyclic) bond motifs is 1. The fourth-order valence-electron chi connectivity index (χ4n) is 2.45. The number of hydrogen-bond acceptors (Lipinski definition) is 4. The summed E-state index contributed by atoms with van der Waals surface area (Å²) in [6.45, 7) is 0. The van der Waals surface area contributed by atoms with Crippen molar-refractivity contribution >= 4 is 5.78 Å². The summed E-state index contributed by atoms with van der Waals surface area (Å²) in [4.78, 5) is 12.1. The molecule has 2 aromatic rings. The number of aromatic nitrogens is 2. The number of benzene rings is 1. The van der Waals surface area contributed by atoms with Crippen LogP contribution in [0.5, 0.6) is 5.88 Å². The highest BCUT2D eigenvalue weighted by molar-refractivity contribution is 5.94. The third-order valence-electron chi connectivity index (χ3n) is 3.53. The molecule has 0 saturated carbocycles. The Morgan fingerprint density at radius 3 is 2.79 bits per heavy atom. The average Bonchev–Trinajstić information content (AvgIpc) is 2.44. The molecule has 0 bridgehead atoms. The fourth-order valence-corrected chi connectivity index (χ4v) is 2.45. The first-order valence-corrected chi connectivity index (χ1v) is 6.26. The molecule has 0 spiro atoms. The van der Waals surface area contributed by atoms with Crippen molar-refractivity contribution in [1.82, 2.24) is 10.2 Å². The van der Waals surface area contributed by atoms with Gasteiger partial charge in [-0.2, -0.15) is 0 Å². The van der Waals surface area contributed by atoms with Gasteiger partial charge in [0, 0.05) is 12.5 Å². The van der Waals surface area contributed by atoms with Gasteiger partial charge in [-0.05, 0) is 29.5 Å². The van der Waals surface area contributed by atoms with Crippen molar-refractivity contribution in [1.29, 1.82) is 0 Å². The highest BCUT2D eigenvalue weighted by atomic mass is 16.5. The Balaban J connectivity index is 1.69. The predicted molar refractivity (Wildman–Crippen MR) is 70.4 cm³/mol. The summed E-state index contributed by atoms with van der Waals surface area (Å²) in [5.74, 6) is 0.785. The lowest BCUT2D eigenvalue weighted by Crippen LogP contribution is -2.20. The molecule has 4 nitrogen and oxygen atoms in total. The zero-order valence-electron chi connectivity index (χ0n) is 10.7. The number of nitrogens with zero attached hydrogens (tertiary/aromatic N) is 2. The SMILES string of the molecule is COc1ccc(C(=O)CC2Cc3ccccc32)nn1. The third kappa shape index (κ3) is 2.21. The largest absolute Gasteiger partial charge is 0.480 e. The van der Waals surface area contributed by atoms with Gasteiger partial charge in [0.15, 0.2) is 5.78 Å². The Kier molecular flexibility index (Phi) is 2.99. The summed E-state index contributed by atoms with van der Waals surface area (Å²) >= 11 is 0. The second kappa shape index (κ2) is 4.80. The van der Waals surface area contributed by atoms with E-state index in [2.05, 4.69) is 22.3 Å². The van der Waals surface area contributed by atoms with Gasteiger partial charge in [0.1, 0.15) is 5.69 Å². The summed E-state index contributed by atoms with van der Waals surface area (Å²) < 4.78 is 4.92. The Labute approximate surface area is 111 Å². The van der Waals surface area contributed by atoms with Gasteiger partial charge in [-0.25, -0.2) is 0 Å². The van der Waals surface area contributed by atoms with E-state index in [9.17, 15) is 4.79 Å². The van der Waals surface area contributed by atoms with Gasteiger partial charge in [0.2, 0.25) is 5.88 Å². The van der Waals surface area contributed by atoms with Crippen LogP contribution in [0.2, 0.25) is 0 Å². The summed E-state index contributed by atoms with van der Waals surface area (Å²) in [5.41, 5.74) is 3.05. The molecular formula is C15H14N2O2. The number of Topliss-reactive ketones (excluding diaryl/α,β-unsaturated/α-hetero) is 1. The van der Waals surface area contributed by atoms with Crippen LogP contribution in [0.15, 0.2) is 36.4 Å². The molecule has 3 rings (SSSR count). The highest BCUT2D eigenvalue weighted by Crippen LogP contribution is 2.37. The van der Waals surface area contributed by atoms with Crippen molar-refractivity contribution < 1.29 is 9.53 Å². The minimum absolute atomic E-state index is 0.0367. The van der Waals surface area contributed by atoms with Crippen LogP contribution in [-0.4, -0.2) is 23.1 Å². The van der Waals surface area contributed by atoms with Gasteiger partial charge in [0.05, 0.1) is 7.11 Å². The number of rotatable bonds is 4. The van der Waals surface area contributed by atoms with Crippen LogP contribution in [0.4, 0.5) is 0 Å². The molecule has 1 aliphatic rings. The summed E-state index contributed by atoms with van der Waals surface area (Å²) in [5, 5.41) is 7.71. The van der Waals surface area contributed by atoms with Gasteiger partial charge in [0.25, 0.3) is 0 Å². The van der Waals surface area contributed by atoms with Crippen molar-refractivity contribution in [2.24, 2.45) is 0 Å². The van der Waals surface area contributed by atoms with E-state index >= 15 is 0 Å². The first-order valence-electron chi connectivity index (χ1n) is 6.26. The molecule has 0 radical (unpaired) electrons. The normalized spacial score (nSPS) is 16.4. The fraction of sp³-hybridized carbons (Fsp3) is 0.267. The highest BCUT2D eigenvalue weighted by Gasteiger charge is 2.28. The number of carbonyl (C=O) groups is 1. The molecule has 0 amide bonds. The first-order chi connectivity index (χ1) is 9.28. The van der Waals surface area contributed by atoms with Crippen molar-refractivity contribution in [3.05, 3.63) is 53.2 Å². The van der Waals surface area contributed by atoms with E-state index in [0.717, 1.165) is 6.42 Å². The molecule has 19 heavy (non-hydrogen) atoms. The molecule has 1 atom stereocenters. The van der Waals surface area contributed by atoms with Crippen LogP contribution in [0, 0.1) is 0 Å². The second-order valence-electron chi connectivity index (χ2n) is 4.69. The lowest BCUT2D eigenvalue weighted by atomic mass is 9.75. The zero-order chi connectivity index (χ0) is 13.2. The molecule has 1 aromatic carbocycles. The molecule has 4 heteroatoms. The molecular weight excluding hydrogens is 240 g/mol. The molecule has 1 heterocycles. The van der Waals surface area contributed by atoms with Crippen LogP contribution in [0.25, 0.3) is 0 Å². The van der Waals surface area contributed by atoms with E-state index in [4.69, 9.17) is 4.74 Å². The second-order valence-corrected chi connectivity index (χ2v) is 4.69. The van der Waals surface area contributed by atoms with E-state index < -0.39 is 0 Å². The number of carbonyl (C=O) groups excluding carboxylic acids is 1. The topological polar surface area (TPSA) is 52.1 Å². The maximum absolute atomic E-state index is 12.1. The molecule has 0 fully saturated rings. The zero-order valence-corrected chi connectivity index (χ0v) is 10.7. The quantitative estimate of drug-likeness (QED) is 0.786. The van der Waals surface area contributed by atoms with Crippen LogP contribution in [0.3, 0.4) is 0 Å². The average molecular weight is 254 g/mol. The van der Waals surface area contributed by atoms with Crippen LogP contribution in [0.1, 0.15) is 34.0 Å². The lowest BCUT2D eigenvalue weighted by molar-refractivity contribution is 0.0964. The van der Waals surface area contributed by atoms with Gasteiger partial charge in [-0.1, -0.05) is 24.3 Å². The van der Waals surface area contributed by atoms with Crippen LogP contribution in [-0.2, 0) is 6.42 Å². The monoisotopic (exact) mass is 254 g/mol. The molecule has 1 unspecified atom stereocenters. The molecule has 0 aliphatic heterocycles. The standard InChI is InChI=1S/C15H14N2O2/c1-19-15-7-6-13(16-17-15)14(18)9-11-8-10-4-2-3-5-12(10)11/h2-7,11H,8-9H2,1H3. The summed E-state index contributed by atoms with van der Waals surface area (Å²) in [7, 11) is 1.52. The van der Waals surface area contributed by atoms with Crippen LogP contribution < -0.4 is 4.74 Å². The maximum atomic E-state index is 12.1. The third-order valence-corrected chi connectivity index (χ3v) is 3.53. The minimum Gasteiger partial charge on any atom is -0.480 e. The van der Waals surface area contributed by atoms with Gasteiger partial charge >= 0.3 is 0 Å². The van der Waals surface area contributed by atoms with E-state index in [1.54, 1.807) is 12.1 Å². The number of hydrogen-bond donors (Lipinski definition) is 0. The number of ketones is 1. The maximum Gasteiger partial charge on any atom is 0.233 e. The van der Waals surface area contributed by atoms with Gasteiger partial charge in [-0.15, -0.1) is 10.2 Å². The smallest absolute Gasteiger partial charge is 0.233 e. The van der Waals surface area contributed by atoms with Crippen LogP contribution >= 0.6 is 0 Å². The molecule has 0 N–H and O–H groups in total. The number of ether oxygens (including phenoxy) is 1. The van der Waals surface area contributed by atoms with E-state index in [-0.39, 0.29) is 5.78 Å². The molecule has 1 aromatic heterocycles. The van der Waals surface area contributed by atoms with Gasteiger partial charge in [-0.3, -0.25) is 4.79 Å². The first kappa shape index (κ1) is 11.8. The predicted octanol–water partition coefficient (Wildman–Crippen LogP) is 2.40. The van der Waals surface area contributed by atoms with E-state index in [0.29, 0.717) is 23.9 Å². The minimum atomic E-state index is 0.0367. The Morgan fingerprint density at radius 1 is 1.26 bits per heavy atom. The van der Waals surface area contributed by atoms with Crippen molar-refractivity contribution in [2.45, 2.75) is 18.8 Å². The Morgan fingerprint density at radius 2 is 2.11 bits per heavy atom. The number of methoxy groups -OCH3 is 1. The molecule has 1 aliphatic carbocycles. The lowest BCUT2D eigenvalue weighted by Gasteiger charge is -2.29. The molecule has 96 valence electrons. The molecule has 0 saturated heterocycles. The van der Waals surface area contributed by atoms with Crippen molar-refractivity contribution in [2.75, 3.05) is 7.11 Å². The van der Waals surface area contributed by atoms with Crippen molar-refractivity contribution in [3.63, 3.8) is 0 Å². The van der Waals surface area contributed by atoms with E-state index in [1.807, 2.05) is 12.1 Å². The van der Waals surface area contributed by atoms with Gasteiger partial charge < -0.3 is 4.74 Å². The summed E-state index contributed by atoms with van der Waals surface area (Å²) in [6, 6.07) is 11.6. The summed E-state index contributed by atoms with van der Waals surface area (Å²) in [6.07, 6.45) is 1.48. The van der Waals surface area contributed by atoms with E-state index in [1.165, 1.54) is 18.2 Å². The Hall–Kier alpha value is -2.23. The Bertz CT molecular complexity index is 608.